The lowest BCUT2D eigenvalue weighted by Crippen LogP contribution is -2.44. The molecule has 5 heteroatoms. The number of amides is 1. The standard InChI is InChI=1S/C21H32N4O/c1-13(2)16-11-14(3)22-20(24-16)25-12-17(15-7-5-6-8-18(15)25)23-19(26)21(4)9-10-21/h11,13,15,17-18H,5-10,12H2,1-4H3,(H,23,26). The molecule has 0 aromatic carbocycles. The average Bonchev–Trinajstić information content (AvgIpc) is 3.26. The van der Waals surface area contributed by atoms with Crippen molar-refractivity contribution in [1.29, 1.82) is 0 Å². The second kappa shape index (κ2) is 6.50. The van der Waals surface area contributed by atoms with Gasteiger partial charge in [0, 0.05) is 35.3 Å². The summed E-state index contributed by atoms with van der Waals surface area (Å²) in [4.78, 5) is 24.7. The number of carbonyl (C=O) groups excluding carboxylic acids is 1. The summed E-state index contributed by atoms with van der Waals surface area (Å²) in [6.07, 6.45) is 6.97. The minimum atomic E-state index is -0.109. The maximum absolute atomic E-state index is 12.6. The number of rotatable bonds is 4. The van der Waals surface area contributed by atoms with Gasteiger partial charge in [-0.1, -0.05) is 33.6 Å². The predicted octanol–water partition coefficient (Wildman–Crippen LogP) is 3.57. The van der Waals surface area contributed by atoms with Crippen LogP contribution in [0.25, 0.3) is 0 Å². The minimum absolute atomic E-state index is 0.109. The third-order valence-electron chi connectivity index (χ3n) is 6.67. The maximum Gasteiger partial charge on any atom is 0.226 e. The second-order valence-corrected chi connectivity index (χ2v) is 9.20. The van der Waals surface area contributed by atoms with Gasteiger partial charge in [-0.3, -0.25) is 4.79 Å². The van der Waals surface area contributed by atoms with Crippen LogP contribution < -0.4 is 10.2 Å². The van der Waals surface area contributed by atoms with Crippen LogP contribution in [0.3, 0.4) is 0 Å². The highest BCUT2D eigenvalue weighted by molar-refractivity contribution is 5.85. The van der Waals surface area contributed by atoms with Crippen molar-refractivity contribution in [2.45, 2.75) is 84.2 Å². The Hall–Kier alpha value is -1.65. The van der Waals surface area contributed by atoms with Crippen LogP contribution in [0.5, 0.6) is 0 Å². The fourth-order valence-corrected chi connectivity index (χ4v) is 4.62. The number of aryl methyl sites for hydroxylation is 1. The summed E-state index contributed by atoms with van der Waals surface area (Å²) in [5.41, 5.74) is 2.03. The van der Waals surface area contributed by atoms with Gasteiger partial charge in [-0.15, -0.1) is 0 Å². The lowest BCUT2D eigenvalue weighted by atomic mass is 9.82. The van der Waals surface area contributed by atoms with Gasteiger partial charge in [-0.05, 0) is 44.6 Å². The zero-order valence-electron chi connectivity index (χ0n) is 16.6. The van der Waals surface area contributed by atoms with E-state index >= 15 is 0 Å². The van der Waals surface area contributed by atoms with E-state index < -0.39 is 0 Å². The summed E-state index contributed by atoms with van der Waals surface area (Å²) in [6, 6.07) is 2.79. The zero-order chi connectivity index (χ0) is 18.5. The molecular weight excluding hydrogens is 324 g/mol. The van der Waals surface area contributed by atoms with Crippen LogP contribution >= 0.6 is 0 Å². The first-order valence-electron chi connectivity index (χ1n) is 10.3. The lowest BCUT2D eigenvalue weighted by Gasteiger charge is -2.32. The Labute approximate surface area is 157 Å². The SMILES string of the molecule is Cc1cc(C(C)C)nc(N2CC(NC(=O)C3(C)CC3)C3CCCCC32)n1. The lowest BCUT2D eigenvalue weighted by molar-refractivity contribution is -0.126. The smallest absolute Gasteiger partial charge is 0.226 e. The van der Waals surface area contributed by atoms with E-state index in [0.717, 1.165) is 36.7 Å². The fraction of sp³-hybridized carbons (Fsp3) is 0.762. The number of nitrogens with one attached hydrogen (secondary N) is 1. The zero-order valence-corrected chi connectivity index (χ0v) is 16.6. The number of fused-ring (bicyclic) bond motifs is 1. The Morgan fingerprint density at radius 3 is 2.69 bits per heavy atom. The molecule has 1 aromatic rings. The molecule has 3 fully saturated rings. The van der Waals surface area contributed by atoms with Crippen LogP contribution in [0, 0.1) is 18.3 Å². The predicted molar refractivity (Wildman–Crippen MR) is 103 cm³/mol. The molecule has 1 aliphatic heterocycles. The van der Waals surface area contributed by atoms with Gasteiger partial charge in [0.05, 0.1) is 6.04 Å². The molecule has 2 saturated carbocycles. The van der Waals surface area contributed by atoms with Gasteiger partial charge >= 0.3 is 0 Å². The topological polar surface area (TPSA) is 58.1 Å². The molecule has 3 aliphatic rings. The fourth-order valence-electron chi connectivity index (χ4n) is 4.62. The number of carbonyl (C=O) groups is 1. The molecule has 2 aliphatic carbocycles. The van der Waals surface area contributed by atoms with Crippen molar-refractivity contribution in [2.75, 3.05) is 11.4 Å². The Morgan fingerprint density at radius 1 is 1.27 bits per heavy atom. The molecule has 3 unspecified atom stereocenters. The molecule has 1 saturated heterocycles. The van der Waals surface area contributed by atoms with Crippen LogP contribution in [0.2, 0.25) is 0 Å². The van der Waals surface area contributed by atoms with Crippen molar-refractivity contribution >= 4 is 11.9 Å². The van der Waals surface area contributed by atoms with Crippen molar-refractivity contribution in [3.63, 3.8) is 0 Å². The van der Waals surface area contributed by atoms with Crippen molar-refractivity contribution < 1.29 is 4.79 Å². The van der Waals surface area contributed by atoms with Crippen LogP contribution in [-0.2, 0) is 4.79 Å². The first-order chi connectivity index (χ1) is 12.4. The van der Waals surface area contributed by atoms with Crippen molar-refractivity contribution in [2.24, 2.45) is 11.3 Å². The van der Waals surface area contributed by atoms with E-state index in [1.807, 2.05) is 0 Å². The molecule has 3 atom stereocenters. The second-order valence-electron chi connectivity index (χ2n) is 9.20. The van der Waals surface area contributed by atoms with Gasteiger partial charge in [0.25, 0.3) is 0 Å². The number of nitrogens with zero attached hydrogens (tertiary/aromatic N) is 3. The average molecular weight is 357 g/mol. The number of hydrogen-bond donors (Lipinski definition) is 1. The summed E-state index contributed by atoms with van der Waals surface area (Å²) in [5.74, 6) is 2.04. The molecule has 1 amide bonds. The molecule has 1 N–H and O–H groups in total. The van der Waals surface area contributed by atoms with E-state index in [2.05, 4.69) is 44.0 Å². The van der Waals surface area contributed by atoms with E-state index in [-0.39, 0.29) is 17.4 Å². The van der Waals surface area contributed by atoms with Gasteiger partial charge in [0.15, 0.2) is 0 Å². The molecular formula is C21H32N4O. The van der Waals surface area contributed by atoms with E-state index in [4.69, 9.17) is 9.97 Å². The van der Waals surface area contributed by atoms with Gasteiger partial charge < -0.3 is 10.2 Å². The third kappa shape index (κ3) is 3.21. The Bertz CT molecular complexity index is 697. The molecule has 0 bridgehead atoms. The van der Waals surface area contributed by atoms with Crippen LogP contribution in [0.1, 0.15) is 76.6 Å². The summed E-state index contributed by atoms with van der Waals surface area (Å²) >= 11 is 0. The molecule has 4 rings (SSSR count). The Balaban J connectivity index is 1.59. The molecule has 142 valence electrons. The maximum atomic E-state index is 12.6. The van der Waals surface area contributed by atoms with Gasteiger partial charge in [-0.25, -0.2) is 9.97 Å². The largest absolute Gasteiger partial charge is 0.351 e. The van der Waals surface area contributed by atoms with E-state index in [9.17, 15) is 4.79 Å². The van der Waals surface area contributed by atoms with E-state index in [1.165, 1.54) is 25.7 Å². The summed E-state index contributed by atoms with van der Waals surface area (Å²) in [7, 11) is 0. The minimum Gasteiger partial charge on any atom is -0.351 e. The monoisotopic (exact) mass is 356 g/mol. The van der Waals surface area contributed by atoms with Crippen molar-refractivity contribution in [3.8, 4) is 0 Å². The van der Waals surface area contributed by atoms with Crippen molar-refractivity contribution in [1.82, 2.24) is 15.3 Å². The van der Waals surface area contributed by atoms with E-state index in [1.54, 1.807) is 0 Å². The van der Waals surface area contributed by atoms with Gasteiger partial charge in [0.2, 0.25) is 11.9 Å². The molecule has 2 heterocycles. The molecule has 0 spiro atoms. The third-order valence-corrected chi connectivity index (χ3v) is 6.67. The Morgan fingerprint density at radius 2 is 2.00 bits per heavy atom. The highest BCUT2D eigenvalue weighted by atomic mass is 16.2. The normalized spacial score (nSPS) is 29.6. The van der Waals surface area contributed by atoms with Crippen LogP contribution in [0.4, 0.5) is 5.95 Å². The molecule has 0 radical (unpaired) electrons. The molecule has 26 heavy (non-hydrogen) atoms. The Kier molecular flexibility index (Phi) is 4.44. The highest BCUT2D eigenvalue weighted by Crippen LogP contribution is 2.46. The highest BCUT2D eigenvalue weighted by Gasteiger charge is 2.49. The van der Waals surface area contributed by atoms with Gasteiger partial charge in [0.1, 0.15) is 0 Å². The summed E-state index contributed by atoms with van der Waals surface area (Å²) < 4.78 is 0. The van der Waals surface area contributed by atoms with Gasteiger partial charge in [-0.2, -0.15) is 0 Å². The van der Waals surface area contributed by atoms with Crippen LogP contribution in [0.15, 0.2) is 6.07 Å². The van der Waals surface area contributed by atoms with Crippen LogP contribution in [-0.4, -0.2) is 34.5 Å². The number of aromatic nitrogens is 2. The van der Waals surface area contributed by atoms with E-state index in [0.29, 0.717) is 17.9 Å². The molecule has 1 aromatic heterocycles. The summed E-state index contributed by atoms with van der Waals surface area (Å²) in [5, 5.41) is 3.40. The number of hydrogen-bond acceptors (Lipinski definition) is 4. The quantitative estimate of drug-likeness (QED) is 0.896. The first-order valence-corrected chi connectivity index (χ1v) is 10.3. The first kappa shape index (κ1) is 17.7. The molecule has 5 nitrogen and oxygen atoms in total. The number of anilines is 1. The van der Waals surface area contributed by atoms with Crippen molar-refractivity contribution in [3.05, 3.63) is 17.5 Å². The summed E-state index contributed by atoms with van der Waals surface area (Å²) in [6.45, 7) is 9.35.